The van der Waals surface area contributed by atoms with Gasteiger partial charge in [-0.05, 0) is 31.6 Å². The molecule has 0 spiro atoms. The van der Waals surface area contributed by atoms with Gasteiger partial charge in [-0.25, -0.2) is 0 Å². The molecular weight excluding hydrogens is 136 g/mol. The van der Waals surface area contributed by atoms with Crippen molar-refractivity contribution >= 4 is 0 Å². The third-order valence-electron chi connectivity index (χ3n) is 3.89. The van der Waals surface area contributed by atoms with E-state index in [1.165, 1.54) is 19.3 Å². The molecule has 11 heavy (non-hydrogen) atoms. The maximum Gasteiger partial charge on any atom is 0.0791 e. The minimum atomic E-state index is 0.541. The van der Waals surface area contributed by atoms with Crippen LogP contribution >= 0.6 is 0 Å². The Morgan fingerprint density at radius 3 is 2.82 bits per heavy atom. The minimum absolute atomic E-state index is 0.541. The van der Waals surface area contributed by atoms with Crippen molar-refractivity contribution in [2.75, 3.05) is 0 Å². The van der Waals surface area contributed by atoms with Gasteiger partial charge in [0.25, 0.3) is 0 Å². The lowest BCUT2D eigenvalue weighted by molar-refractivity contribution is 0.0742. The summed E-state index contributed by atoms with van der Waals surface area (Å²) in [6.07, 6.45) is 4.34. The predicted molar refractivity (Wildman–Crippen MR) is 42.4 cm³/mol. The van der Waals surface area contributed by atoms with Crippen LogP contribution in [0.15, 0.2) is 10.2 Å². The Morgan fingerprint density at radius 2 is 1.91 bits per heavy atom. The molecule has 0 bridgehead atoms. The van der Waals surface area contributed by atoms with Gasteiger partial charge in [0, 0.05) is 5.92 Å². The largest absolute Gasteiger partial charge is 0.190 e. The summed E-state index contributed by atoms with van der Waals surface area (Å²) in [4.78, 5) is 0. The molecule has 1 heterocycles. The van der Waals surface area contributed by atoms with Crippen LogP contribution in [0.2, 0.25) is 0 Å². The summed E-state index contributed by atoms with van der Waals surface area (Å²) in [7, 11) is 0. The zero-order valence-electron chi connectivity index (χ0n) is 6.90. The number of rotatable bonds is 0. The molecule has 2 aliphatic carbocycles. The zero-order valence-corrected chi connectivity index (χ0v) is 6.90. The Morgan fingerprint density at radius 1 is 1.09 bits per heavy atom. The summed E-state index contributed by atoms with van der Waals surface area (Å²) in [6, 6.07) is 1.19. The Hall–Kier alpha value is -0.400. The number of azo groups is 1. The molecule has 1 aliphatic heterocycles. The second kappa shape index (κ2) is 1.85. The Balaban J connectivity index is 1.88. The smallest absolute Gasteiger partial charge is 0.0791 e. The monoisotopic (exact) mass is 150 g/mol. The summed E-state index contributed by atoms with van der Waals surface area (Å²) < 4.78 is 0. The second-order valence-electron chi connectivity index (χ2n) is 4.30. The summed E-state index contributed by atoms with van der Waals surface area (Å²) in [5.41, 5.74) is 0. The van der Waals surface area contributed by atoms with E-state index < -0.39 is 0 Å². The van der Waals surface area contributed by atoms with Crippen LogP contribution in [-0.4, -0.2) is 12.1 Å². The molecule has 0 N–H and O–H groups in total. The first-order chi connectivity index (χ1) is 5.38. The molecule has 3 aliphatic rings. The lowest BCUT2D eigenvalue weighted by Crippen LogP contribution is -2.48. The minimum Gasteiger partial charge on any atom is -0.190 e. The number of hydrogen-bond donors (Lipinski definition) is 0. The zero-order chi connectivity index (χ0) is 7.42. The lowest BCUT2D eigenvalue weighted by Gasteiger charge is -2.43. The molecule has 0 saturated heterocycles. The van der Waals surface area contributed by atoms with Gasteiger partial charge in [0.2, 0.25) is 0 Å². The normalized spacial score (nSPS) is 58.8. The second-order valence-corrected chi connectivity index (χ2v) is 4.30. The molecular formula is C9H14N2. The van der Waals surface area contributed by atoms with Gasteiger partial charge < -0.3 is 0 Å². The third kappa shape index (κ3) is 0.592. The average molecular weight is 150 g/mol. The van der Waals surface area contributed by atoms with Crippen LogP contribution < -0.4 is 0 Å². The van der Waals surface area contributed by atoms with E-state index in [1.54, 1.807) is 0 Å². The molecule has 2 heteroatoms. The van der Waals surface area contributed by atoms with Gasteiger partial charge in [-0.1, -0.05) is 6.42 Å². The third-order valence-corrected chi connectivity index (χ3v) is 3.89. The molecule has 5 atom stereocenters. The maximum absolute atomic E-state index is 4.35. The van der Waals surface area contributed by atoms with Crippen molar-refractivity contribution in [1.82, 2.24) is 0 Å². The predicted octanol–water partition coefficient (Wildman–Crippen LogP) is 2.26. The van der Waals surface area contributed by atoms with Crippen molar-refractivity contribution in [1.29, 1.82) is 0 Å². The fourth-order valence-corrected chi connectivity index (χ4v) is 3.38. The van der Waals surface area contributed by atoms with Crippen LogP contribution in [0.1, 0.15) is 26.2 Å². The van der Waals surface area contributed by atoms with E-state index in [0.29, 0.717) is 12.1 Å². The van der Waals surface area contributed by atoms with Crippen LogP contribution in [0.4, 0.5) is 0 Å². The van der Waals surface area contributed by atoms with Gasteiger partial charge in [-0.3, -0.25) is 0 Å². The highest BCUT2D eigenvalue weighted by Crippen LogP contribution is 2.56. The van der Waals surface area contributed by atoms with Crippen LogP contribution in [-0.2, 0) is 0 Å². The molecule has 2 saturated carbocycles. The van der Waals surface area contributed by atoms with Crippen molar-refractivity contribution < 1.29 is 0 Å². The van der Waals surface area contributed by atoms with Gasteiger partial charge in [-0.2, -0.15) is 10.2 Å². The highest BCUT2D eigenvalue weighted by molar-refractivity contribution is 5.09. The van der Waals surface area contributed by atoms with Crippen LogP contribution in [0, 0.1) is 17.8 Å². The highest BCUT2D eigenvalue weighted by Gasteiger charge is 2.56. The SMILES string of the molecule is C[C@@H]1N=N[C@@H]2[C@@H]3CCC[C@H]3[C@@H]21. The van der Waals surface area contributed by atoms with Gasteiger partial charge in [0.15, 0.2) is 0 Å². The molecule has 0 aromatic rings. The first kappa shape index (κ1) is 6.15. The van der Waals surface area contributed by atoms with Crippen molar-refractivity contribution in [3.8, 4) is 0 Å². The quantitative estimate of drug-likeness (QED) is 0.506. The van der Waals surface area contributed by atoms with E-state index in [0.717, 1.165) is 17.8 Å². The van der Waals surface area contributed by atoms with E-state index in [9.17, 15) is 0 Å². The van der Waals surface area contributed by atoms with Crippen molar-refractivity contribution in [2.45, 2.75) is 38.3 Å². The Kier molecular flexibility index (Phi) is 1.03. The van der Waals surface area contributed by atoms with Crippen LogP contribution in [0.25, 0.3) is 0 Å². The molecule has 0 unspecified atom stereocenters. The maximum atomic E-state index is 4.35. The Labute approximate surface area is 67.1 Å². The summed E-state index contributed by atoms with van der Waals surface area (Å²) >= 11 is 0. The molecule has 60 valence electrons. The number of fused-ring (bicyclic) bond motifs is 4. The van der Waals surface area contributed by atoms with E-state index in [4.69, 9.17) is 0 Å². The fourth-order valence-electron chi connectivity index (χ4n) is 3.38. The van der Waals surface area contributed by atoms with Crippen molar-refractivity contribution in [2.24, 2.45) is 28.0 Å². The van der Waals surface area contributed by atoms with Gasteiger partial charge in [-0.15, -0.1) is 0 Å². The van der Waals surface area contributed by atoms with E-state index >= 15 is 0 Å². The first-order valence-electron chi connectivity index (χ1n) is 4.78. The van der Waals surface area contributed by atoms with Gasteiger partial charge >= 0.3 is 0 Å². The summed E-state index contributed by atoms with van der Waals surface area (Å²) in [5.74, 6) is 2.79. The summed E-state index contributed by atoms with van der Waals surface area (Å²) in [6.45, 7) is 2.22. The lowest BCUT2D eigenvalue weighted by atomic mass is 9.61. The van der Waals surface area contributed by atoms with Gasteiger partial charge in [0.1, 0.15) is 0 Å². The molecule has 3 rings (SSSR count). The van der Waals surface area contributed by atoms with Crippen molar-refractivity contribution in [3.05, 3.63) is 0 Å². The van der Waals surface area contributed by atoms with Gasteiger partial charge in [0.05, 0.1) is 12.1 Å². The fraction of sp³-hybridized carbons (Fsp3) is 1.00. The molecule has 0 radical (unpaired) electrons. The standard InChI is InChI=1S/C9H14N2/c1-5-8-6-3-2-4-7(6)9(8)11-10-5/h5-9H,2-4H2,1H3/t5-,6+,7+,8-,9+/m0/s1. The van der Waals surface area contributed by atoms with E-state index in [-0.39, 0.29) is 0 Å². The van der Waals surface area contributed by atoms with Crippen molar-refractivity contribution in [3.63, 3.8) is 0 Å². The molecule has 2 nitrogen and oxygen atoms in total. The molecule has 0 aromatic carbocycles. The molecule has 2 fully saturated rings. The molecule has 0 aromatic heterocycles. The topological polar surface area (TPSA) is 24.7 Å². The average Bonchev–Trinajstić information content (AvgIpc) is 2.43. The van der Waals surface area contributed by atoms with E-state index in [2.05, 4.69) is 17.2 Å². The van der Waals surface area contributed by atoms with E-state index in [1.807, 2.05) is 0 Å². The number of nitrogens with zero attached hydrogens (tertiary/aromatic N) is 2. The molecule has 0 amide bonds. The summed E-state index contributed by atoms with van der Waals surface area (Å²) in [5, 5.41) is 8.62. The van der Waals surface area contributed by atoms with Crippen LogP contribution in [0.5, 0.6) is 0 Å². The first-order valence-corrected chi connectivity index (χ1v) is 4.78. The van der Waals surface area contributed by atoms with Crippen LogP contribution in [0.3, 0.4) is 0 Å². The highest BCUT2D eigenvalue weighted by atomic mass is 15.2. The Bertz CT molecular complexity index is 212. The number of hydrogen-bond acceptors (Lipinski definition) is 2.